The summed E-state index contributed by atoms with van der Waals surface area (Å²) in [7, 11) is 0. The molecule has 1 aromatic heterocycles. The van der Waals surface area contributed by atoms with Crippen LogP contribution < -0.4 is 0 Å². The molecule has 0 amide bonds. The van der Waals surface area contributed by atoms with Gasteiger partial charge in [0.05, 0.1) is 13.2 Å². The zero-order valence-corrected chi connectivity index (χ0v) is 14.7. The van der Waals surface area contributed by atoms with Gasteiger partial charge < -0.3 is 9.47 Å². The van der Waals surface area contributed by atoms with E-state index in [9.17, 15) is 4.79 Å². The van der Waals surface area contributed by atoms with Crippen molar-refractivity contribution in [1.82, 2.24) is 9.78 Å². The van der Waals surface area contributed by atoms with Crippen molar-refractivity contribution >= 4 is 5.97 Å². The number of hydrogen-bond donors (Lipinski definition) is 0. The molecule has 1 aliphatic carbocycles. The standard InChI is InChI=1S/C19H30N2O3/c1-17(22)24-19-11-7-10-18(19)9-5-3-2-4-6-15-23-16-14-21-13-8-12-20-21/h2-3,8,12-13,18-19H,4-7,9-11,14-16H2,1H3. The zero-order chi connectivity index (χ0) is 17.0. The Balaban J connectivity index is 1.44. The van der Waals surface area contributed by atoms with Crippen molar-refractivity contribution in [3.05, 3.63) is 30.6 Å². The smallest absolute Gasteiger partial charge is 0.302 e. The van der Waals surface area contributed by atoms with Crippen LogP contribution in [0.1, 0.15) is 51.9 Å². The van der Waals surface area contributed by atoms with E-state index in [1.54, 1.807) is 6.20 Å². The normalized spacial score (nSPS) is 20.7. The van der Waals surface area contributed by atoms with Crippen LogP contribution in [-0.2, 0) is 20.8 Å². The number of carbonyl (C=O) groups excluding carboxylic acids is 1. The summed E-state index contributed by atoms with van der Waals surface area (Å²) >= 11 is 0. The molecule has 5 heteroatoms. The Bertz CT molecular complexity index is 485. The van der Waals surface area contributed by atoms with Gasteiger partial charge in [0.2, 0.25) is 0 Å². The highest BCUT2D eigenvalue weighted by Gasteiger charge is 2.28. The maximum atomic E-state index is 11.1. The molecule has 1 saturated carbocycles. The lowest BCUT2D eigenvalue weighted by atomic mass is 9.99. The summed E-state index contributed by atoms with van der Waals surface area (Å²) in [6.45, 7) is 3.83. The molecule has 2 unspecified atom stereocenters. The van der Waals surface area contributed by atoms with Crippen molar-refractivity contribution in [1.29, 1.82) is 0 Å². The lowest BCUT2D eigenvalue weighted by molar-refractivity contribution is -0.148. The first kappa shape index (κ1) is 18.7. The lowest BCUT2D eigenvalue weighted by Crippen LogP contribution is -2.20. The number of carbonyl (C=O) groups is 1. The topological polar surface area (TPSA) is 53.4 Å². The lowest BCUT2D eigenvalue weighted by Gasteiger charge is -2.18. The van der Waals surface area contributed by atoms with Crippen LogP contribution in [0.25, 0.3) is 0 Å². The third-order valence-electron chi connectivity index (χ3n) is 4.46. The van der Waals surface area contributed by atoms with E-state index in [0.29, 0.717) is 12.5 Å². The van der Waals surface area contributed by atoms with Gasteiger partial charge in [0.1, 0.15) is 6.10 Å². The number of unbranched alkanes of at least 4 members (excludes halogenated alkanes) is 1. The quantitative estimate of drug-likeness (QED) is 0.351. The Kier molecular flexibility index (Phi) is 8.60. The number of ether oxygens (including phenoxy) is 2. The van der Waals surface area contributed by atoms with Crippen LogP contribution in [0.5, 0.6) is 0 Å². The molecule has 1 aromatic rings. The van der Waals surface area contributed by atoms with Crippen molar-refractivity contribution in [2.45, 2.75) is 64.5 Å². The second kappa shape index (κ2) is 11.0. The van der Waals surface area contributed by atoms with E-state index in [1.165, 1.54) is 19.8 Å². The fourth-order valence-corrected chi connectivity index (χ4v) is 3.24. The summed E-state index contributed by atoms with van der Waals surface area (Å²) in [6, 6.07) is 1.92. The highest BCUT2D eigenvalue weighted by Crippen LogP contribution is 2.31. The van der Waals surface area contributed by atoms with Crippen molar-refractivity contribution in [2.75, 3.05) is 13.2 Å². The average molecular weight is 334 g/mol. The second-order valence-corrected chi connectivity index (χ2v) is 6.41. The largest absolute Gasteiger partial charge is 0.462 e. The number of nitrogens with zero attached hydrogens (tertiary/aromatic N) is 2. The first-order valence-electron chi connectivity index (χ1n) is 9.13. The van der Waals surface area contributed by atoms with Crippen LogP contribution in [0.2, 0.25) is 0 Å². The van der Waals surface area contributed by atoms with E-state index in [4.69, 9.17) is 9.47 Å². The molecule has 1 aliphatic rings. The number of esters is 1. The van der Waals surface area contributed by atoms with Gasteiger partial charge in [-0.2, -0.15) is 5.10 Å². The molecule has 0 aliphatic heterocycles. The molecule has 134 valence electrons. The maximum Gasteiger partial charge on any atom is 0.302 e. The third-order valence-corrected chi connectivity index (χ3v) is 4.46. The van der Waals surface area contributed by atoms with Crippen molar-refractivity contribution in [3.8, 4) is 0 Å². The summed E-state index contributed by atoms with van der Waals surface area (Å²) in [5.41, 5.74) is 0. The van der Waals surface area contributed by atoms with Crippen LogP contribution >= 0.6 is 0 Å². The van der Waals surface area contributed by atoms with Gasteiger partial charge in [-0.25, -0.2) is 0 Å². The predicted octanol–water partition coefficient (Wildman–Crippen LogP) is 3.75. The Labute approximate surface area is 145 Å². The van der Waals surface area contributed by atoms with Crippen molar-refractivity contribution < 1.29 is 14.3 Å². The van der Waals surface area contributed by atoms with E-state index >= 15 is 0 Å². The van der Waals surface area contributed by atoms with Crippen LogP contribution in [0.3, 0.4) is 0 Å². The SMILES string of the molecule is CC(=O)OC1CCCC1CCC=CCCCOCCn1cccn1. The van der Waals surface area contributed by atoms with Gasteiger partial charge in [0, 0.05) is 25.9 Å². The molecule has 0 aromatic carbocycles. The minimum atomic E-state index is -0.144. The Hall–Kier alpha value is -1.62. The first-order valence-corrected chi connectivity index (χ1v) is 9.13. The first-order chi connectivity index (χ1) is 11.8. The van der Waals surface area contributed by atoms with Crippen LogP contribution in [-0.4, -0.2) is 35.1 Å². The third kappa shape index (κ3) is 7.30. The molecule has 0 bridgehead atoms. The molecular weight excluding hydrogens is 304 g/mol. The van der Waals surface area contributed by atoms with E-state index < -0.39 is 0 Å². The minimum absolute atomic E-state index is 0.144. The monoisotopic (exact) mass is 334 g/mol. The molecule has 0 radical (unpaired) electrons. The molecule has 24 heavy (non-hydrogen) atoms. The van der Waals surface area contributed by atoms with Gasteiger partial charge in [0.25, 0.3) is 0 Å². The van der Waals surface area contributed by atoms with Gasteiger partial charge in [-0.1, -0.05) is 12.2 Å². The Morgan fingerprint density at radius 1 is 1.29 bits per heavy atom. The fourth-order valence-electron chi connectivity index (χ4n) is 3.24. The summed E-state index contributed by atoms with van der Waals surface area (Å²) in [6.07, 6.45) is 16.1. The molecule has 2 atom stereocenters. The number of rotatable bonds is 11. The number of hydrogen-bond acceptors (Lipinski definition) is 4. The zero-order valence-electron chi connectivity index (χ0n) is 14.7. The van der Waals surface area contributed by atoms with E-state index in [-0.39, 0.29) is 12.1 Å². The number of aromatic nitrogens is 2. The van der Waals surface area contributed by atoms with Crippen molar-refractivity contribution in [2.24, 2.45) is 5.92 Å². The van der Waals surface area contributed by atoms with Crippen LogP contribution in [0.15, 0.2) is 30.6 Å². The summed E-state index contributed by atoms with van der Waals surface area (Å²) in [5.74, 6) is 0.402. The number of allylic oxidation sites excluding steroid dienone is 2. The summed E-state index contributed by atoms with van der Waals surface area (Å²) in [4.78, 5) is 11.1. The molecule has 5 nitrogen and oxygen atoms in total. The highest BCUT2D eigenvalue weighted by molar-refractivity contribution is 5.66. The van der Waals surface area contributed by atoms with Gasteiger partial charge in [-0.15, -0.1) is 0 Å². The molecule has 2 rings (SSSR count). The molecular formula is C19H30N2O3. The minimum Gasteiger partial charge on any atom is -0.462 e. The Morgan fingerprint density at radius 2 is 2.17 bits per heavy atom. The van der Waals surface area contributed by atoms with Crippen LogP contribution in [0, 0.1) is 5.92 Å². The van der Waals surface area contributed by atoms with Gasteiger partial charge in [0.15, 0.2) is 0 Å². The highest BCUT2D eigenvalue weighted by atomic mass is 16.5. The predicted molar refractivity (Wildman–Crippen MR) is 93.5 cm³/mol. The van der Waals surface area contributed by atoms with Gasteiger partial charge in [-0.3, -0.25) is 9.48 Å². The molecule has 0 saturated heterocycles. The Morgan fingerprint density at radius 3 is 2.96 bits per heavy atom. The van der Waals surface area contributed by atoms with Crippen LogP contribution in [0.4, 0.5) is 0 Å². The molecule has 0 N–H and O–H groups in total. The van der Waals surface area contributed by atoms with Gasteiger partial charge in [-0.05, 0) is 56.9 Å². The molecule has 1 heterocycles. The van der Waals surface area contributed by atoms with E-state index in [1.807, 2.05) is 16.9 Å². The molecule has 0 spiro atoms. The van der Waals surface area contributed by atoms with E-state index in [0.717, 1.165) is 45.3 Å². The molecule has 1 fully saturated rings. The maximum absolute atomic E-state index is 11.1. The second-order valence-electron chi connectivity index (χ2n) is 6.41. The fraction of sp³-hybridized carbons (Fsp3) is 0.684. The van der Waals surface area contributed by atoms with Crippen molar-refractivity contribution in [3.63, 3.8) is 0 Å². The summed E-state index contributed by atoms with van der Waals surface area (Å²) < 4.78 is 12.9. The van der Waals surface area contributed by atoms with Gasteiger partial charge >= 0.3 is 5.97 Å². The average Bonchev–Trinajstić information content (AvgIpc) is 3.21. The summed E-state index contributed by atoms with van der Waals surface area (Å²) in [5, 5.41) is 4.14. The van der Waals surface area contributed by atoms with E-state index in [2.05, 4.69) is 17.3 Å².